The summed E-state index contributed by atoms with van der Waals surface area (Å²) in [5.74, 6) is -0.931. The average Bonchev–Trinajstić information content (AvgIpc) is 3.11. The van der Waals surface area contributed by atoms with Gasteiger partial charge in [-0.25, -0.2) is 5.43 Å². The second-order valence-electron chi connectivity index (χ2n) is 8.18. The summed E-state index contributed by atoms with van der Waals surface area (Å²) in [4.78, 5) is 28.7. The number of anilines is 2. The monoisotopic (exact) mass is 390 g/mol. The quantitative estimate of drug-likeness (QED) is 0.769. The maximum atomic E-state index is 13.4. The number of nitrogens with zero attached hydrogens (tertiary/aromatic N) is 2. The maximum absolute atomic E-state index is 13.4. The first-order chi connectivity index (χ1) is 14.1. The first-order valence-corrected chi connectivity index (χ1v) is 10.4. The normalized spacial score (nSPS) is 28.8. The van der Waals surface area contributed by atoms with Crippen LogP contribution in [0.5, 0.6) is 0 Å². The van der Waals surface area contributed by atoms with E-state index in [4.69, 9.17) is 0 Å². The Kier molecular flexibility index (Phi) is 4.60. The van der Waals surface area contributed by atoms with Crippen molar-refractivity contribution in [2.75, 3.05) is 23.0 Å². The van der Waals surface area contributed by atoms with E-state index in [1.54, 1.807) is 0 Å². The molecule has 1 amide bonds. The lowest BCUT2D eigenvalue weighted by Gasteiger charge is -2.38. The van der Waals surface area contributed by atoms with Crippen molar-refractivity contribution >= 4 is 23.1 Å². The Morgan fingerprint density at radius 1 is 1.07 bits per heavy atom. The molecule has 6 heteroatoms. The van der Waals surface area contributed by atoms with E-state index in [0.717, 1.165) is 24.2 Å². The zero-order valence-corrected chi connectivity index (χ0v) is 16.5. The highest BCUT2D eigenvalue weighted by Gasteiger charge is 2.51. The number of ketones is 1. The minimum Gasteiger partial charge on any atom is -0.311 e. The summed E-state index contributed by atoms with van der Waals surface area (Å²) in [5, 5.41) is 5.51. The Labute approximate surface area is 170 Å². The van der Waals surface area contributed by atoms with Crippen molar-refractivity contribution in [2.24, 2.45) is 11.8 Å². The molecule has 6 nitrogen and oxygen atoms in total. The number of hydrazine groups is 1. The van der Waals surface area contributed by atoms with E-state index in [-0.39, 0.29) is 29.8 Å². The van der Waals surface area contributed by atoms with Gasteiger partial charge < -0.3 is 4.90 Å². The number of para-hydroxylation sites is 2. The van der Waals surface area contributed by atoms with Crippen LogP contribution in [0.3, 0.4) is 0 Å². The maximum Gasteiger partial charge on any atom is 0.238 e. The lowest BCUT2D eigenvalue weighted by atomic mass is 9.82. The van der Waals surface area contributed by atoms with Gasteiger partial charge in [0.1, 0.15) is 12.1 Å². The van der Waals surface area contributed by atoms with Crippen molar-refractivity contribution in [3.8, 4) is 0 Å². The molecule has 0 aliphatic carbocycles. The molecule has 3 aliphatic heterocycles. The van der Waals surface area contributed by atoms with Gasteiger partial charge in [-0.05, 0) is 43.5 Å². The van der Waals surface area contributed by atoms with E-state index in [1.165, 1.54) is 5.56 Å². The summed E-state index contributed by atoms with van der Waals surface area (Å²) >= 11 is 0. The molecule has 0 radical (unpaired) electrons. The molecule has 4 atom stereocenters. The van der Waals surface area contributed by atoms with Crippen molar-refractivity contribution in [1.82, 2.24) is 10.7 Å². The number of piperidine rings is 1. The summed E-state index contributed by atoms with van der Waals surface area (Å²) in [6, 6.07) is 18.0. The molecule has 2 fully saturated rings. The standard InChI is InChI=1S/C23H26N4O2/c1-15-20-21(28)18(14-24-22(20)27(25-15)17-10-3-2-4-11-17)23(29)26-13-7-9-16-8-5-6-12-19(16)26/h2-6,8,10-12,15,18,20,22,24-25H,7,9,13-14H2,1H3. The topological polar surface area (TPSA) is 64.7 Å². The van der Waals surface area contributed by atoms with E-state index >= 15 is 0 Å². The Hall–Kier alpha value is -2.70. The molecular weight excluding hydrogens is 364 g/mol. The van der Waals surface area contributed by atoms with Gasteiger partial charge in [0.25, 0.3) is 0 Å². The van der Waals surface area contributed by atoms with E-state index in [0.29, 0.717) is 13.1 Å². The fourth-order valence-electron chi connectivity index (χ4n) is 4.99. The zero-order valence-electron chi connectivity index (χ0n) is 16.5. The van der Waals surface area contributed by atoms with Crippen LogP contribution in [0.4, 0.5) is 11.4 Å². The van der Waals surface area contributed by atoms with Crippen molar-refractivity contribution in [3.05, 3.63) is 60.2 Å². The Balaban J connectivity index is 1.39. The van der Waals surface area contributed by atoms with Crippen LogP contribution in [0.2, 0.25) is 0 Å². The number of carbonyl (C=O) groups is 2. The number of fused-ring (bicyclic) bond motifs is 2. The Bertz CT molecular complexity index is 931. The number of amides is 1. The van der Waals surface area contributed by atoms with Crippen molar-refractivity contribution in [3.63, 3.8) is 0 Å². The van der Waals surface area contributed by atoms with Gasteiger partial charge in [-0.15, -0.1) is 0 Å². The Morgan fingerprint density at radius 2 is 1.83 bits per heavy atom. The zero-order chi connectivity index (χ0) is 20.0. The van der Waals surface area contributed by atoms with E-state index < -0.39 is 5.92 Å². The van der Waals surface area contributed by atoms with Gasteiger partial charge in [-0.2, -0.15) is 0 Å². The van der Waals surface area contributed by atoms with Crippen LogP contribution in [0.15, 0.2) is 54.6 Å². The van der Waals surface area contributed by atoms with E-state index in [9.17, 15) is 9.59 Å². The molecule has 0 aromatic heterocycles. The number of hydrogen-bond acceptors (Lipinski definition) is 5. The number of aryl methyl sites for hydroxylation is 1. The Morgan fingerprint density at radius 3 is 2.66 bits per heavy atom. The van der Waals surface area contributed by atoms with E-state index in [1.807, 2.05) is 65.4 Å². The van der Waals surface area contributed by atoms with Gasteiger partial charge in [-0.1, -0.05) is 36.4 Å². The predicted octanol–water partition coefficient (Wildman–Crippen LogP) is 2.11. The predicted molar refractivity (Wildman–Crippen MR) is 112 cm³/mol. The van der Waals surface area contributed by atoms with Crippen LogP contribution < -0.4 is 20.7 Å². The minimum absolute atomic E-state index is 0.0375. The molecular formula is C23H26N4O2. The van der Waals surface area contributed by atoms with Crippen molar-refractivity contribution in [2.45, 2.75) is 32.0 Å². The number of Topliss-reactive ketones (excluding diaryl/α,β-unsaturated/α-hetero) is 1. The fourth-order valence-corrected chi connectivity index (χ4v) is 4.99. The van der Waals surface area contributed by atoms with Crippen LogP contribution in [0.25, 0.3) is 0 Å². The smallest absolute Gasteiger partial charge is 0.238 e. The molecule has 2 N–H and O–H groups in total. The van der Waals surface area contributed by atoms with Crippen LogP contribution >= 0.6 is 0 Å². The summed E-state index contributed by atoms with van der Waals surface area (Å²) in [6.45, 7) is 3.07. The third-order valence-corrected chi connectivity index (χ3v) is 6.41. The molecule has 2 saturated heterocycles. The minimum atomic E-state index is -0.637. The van der Waals surface area contributed by atoms with Crippen LogP contribution in [0.1, 0.15) is 18.9 Å². The fraction of sp³-hybridized carbons (Fsp3) is 0.391. The molecule has 0 saturated carbocycles. The largest absolute Gasteiger partial charge is 0.311 e. The molecule has 29 heavy (non-hydrogen) atoms. The van der Waals surface area contributed by atoms with E-state index in [2.05, 4.69) is 16.8 Å². The van der Waals surface area contributed by atoms with Crippen LogP contribution in [-0.4, -0.2) is 37.0 Å². The summed E-state index contributed by atoms with van der Waals surface area (Å²) in [6.07, 6.45) is 1.77. The average molecular weight is 390 g/mol. The van der Waals surface area contributed by atoms with Gasteiger partial charge in [-0.3, -0.25) is 19.9 Å². The molecule has 2 aromatic rings. The number of nitrogens with one attached hydrogen (secondary N) is 2. The third kappa shape index (κ3) is 3.03. The van der Waals surface area contributed by atoms with Crippen LogP contribution in [0, 0.1) is 11.8 Å². The van der Waals surface area contributed by atoms with Gasteiger partial charge >= 0.3 is 0 Å². The third-order valence-electron chi connectivity index (χ3n) is 6.41. The van der Waals surface area contributed by atoms with Gasteiger partial charge in [0.2, 0.25) is 5.91 Å². The SMILES string of the molecule is CC1NN(c2ccccc2)C2NCC(C(=O)N3CCCc4ccccc43)C(=O)C12. The second kappa shape index (κ2) is 7.28. The molecule has 4 unspecified atom stereocenters. The number of hydrogen-bond donors (Lipinski definition) is 2. The van der Waals surface area contributed by atoms with Gasteiger partial charge in [0.15, 0.2) is 5.78 Å². The lowest BCUT2D eigenvalue weighted by molar-refractivity contribution is -0.137. The molecule has 150 valence electrons. The first-order valence-electron chi connectivity index (χ1n) is 10.4. The summed E-state index contributed by atoms with van der Waals surface area (Å²) in [7, 11) is 0. The molecule has 0 spiro atoms. The molecule has 0 bridgehead atoms. The highest BCUT2D eigenvalue weighted by Crippen LogP contribution is 2.34. The molecule has 5 rings (SSSR count). The van der Waals surface area contributed by atoms with Gasteiger partial charge in [0.05, 0.1) is 11.6 Å². The number of rotatable bonds is 2. The van der Waals surface area contributed by atoms with Crippen molar-refractivity contribution < 1.29 is 9.59 Å². The molecule has 3 aliphatic rings. The lowest BCUT2D eigenvalue weighted by Crippen LogP contribution is -2.60. The number of benzene rings is 2. The highest BCUT2D eigenvalue weighted by atomic mass is 16.2. The number of carbonyl (C=O) groups excluding carboxylic acids is 2. The first kappa shape index (κ1) is 18.3. The summed E-state index contributed by atoms with van der Waals surface area (Å²) in [5.41, 5.74) is 6.59. The van der Waals surface area contributed by atoms with Crippen molar-refractivity contribution in [1.29, 1.82) is 0 Å². The second-order valence-corrected chi connectivity index (χ2v) is 8.18. The highest BCUT2D eigenvalue weighted by molar-refractivity contribution is 6.10. The molecule has 2 aromatic carbocycles. The van der Waals surface area contributed by atoms with Gasteiger partial charge in [0, 0.05) is 24.8 Å². The molecule has 3 heterocycles. The summed E-state index contributed by atoms with van der Waals surface area (Å²) < 4.78 is 0. The van der Waals surface area contributed by atoms with Crippen LogP contribution in [-0.2, 0) is 16.0 Å².